The van der Waals surface area contributed by atoms with Gasteiger partial charge in [-0.1, -0.05) is 18.2 Å². The summed E-state index contributed by atoms with van der Waals surface area (Å²) in [6.45, 7) is 4.47. The summed E-state index contributed by atoms with van der Waals surface area (Å²) in [5.74, 6) is -0.0696. The number of nitrogens with one attached hydrogen (secondary N) is 2. The minimum absolute atomic E-state index is 0.0372. The van der Waals surface area contributed by atoms with Crippen LogP contribution in [0.4, 0.5) is 0 Å². The van der Waals surface area contributed by atoms with Crippen molar-refractivity contribution >= 4 is 5.91 Å². The van der Waals surface area contributed by atoms with Crippen LogP contribution in [0.3, 0.4) is 0 Å². The fraction of sp³-hybridized carbons (Fsp3) is 0.533. The molecule has 1 rings (SSSR count). The van der Waals surface area contributed by atoms with Crippen LogP contribution in [0.25, 0.3) is 0 Å². The zero-order valence-corrected chi connectivity index (χ0v) is 11.9. The van der Waals surface area contributed by atoms with E-state index in [1.165, 1.54) is 0 Å². The van der Waals surface area contributed by atoms with Gasteiger partial charge in [0.2, 0.25) is 0 Å². The lowest BCUT2D eigenvalue weighted by atomic mass is 10.0. The lowest BCUT2D eigenvalue weighted by molar-refractivity contribution is 0.0922. The predicted molar refractivity (Wildman–Crippen MR) is 77.3 cm³/mol. The highest BCUT2D eigenvalue weighted by molar-refractivity contribution is 5.95. The molecule has 4 nitrogen and oxygen atoms in total. The fourth-order valence-corrected chi connectivity index (χ4v) is 2.09. The third-order valence-electron chi connectivity index (χ3n) is 2.98. The topological polar surface area (TPSA) is 61.4 Å². The van der Waals surface area contributed by atoms with Gasteiger partial charge in [0.1, 0.15) is 0 Å². The maximum atomic E-state index is 12.2. The summed E-state index contributed by atoms with van der Waals surface area (Å²) in [5, 5.41) is 15.3. The number of carbonyl (C=O) groups is 1. The zero-order valence-electron chi connectivity index (χ0n) is 11.9. The van der Waals surface area contributed by atoms with Crippen molar-refractivity contribution in [2.75, 3.05) is 13.6 Å². The number of rotatable bonds is 7. The van der Waals surface area contributed by atoms with Gasteiger partial charge in [-0.05, 0) is 51.9 Å². The van der Waals surface area contributed by atoms with Crippen molar-refractivity contribution in [1.29, 1.82) is 0 Å². The molecule has 19 heavy (non-hydrogen) atoms. The predicted octanol–water partition coefficient (Wildman–Crippen LogP) is 1.34. The Morgan fingerprint density at radius 2 is 2.00 bits per heavy atom. The number of carbonyl (C=O) groups excluding carboxylic acids is 1. The van der Waals surface area contributed by atoms with Gasteiger partial charge in [-0.15, -0.1) is 0 Å². The van der Waals surface area contributed by atoms with E-state index in [0.717, 1.165) is 24.1 Å². The maximum absolute atomic E-state index is 12.2. The fourth-order valence-electron chi connectivity index (χ4n) is 2.09. The van der Waals surface area contributed by atoms with E-state index in [4.69, 9.17) is 0 Å². The van der Waals surface area contributed by atoms with Crippen molar-refractivity contribution in [2.24, 2.45) is 0 Å². The lowest BCUT2D eigenvalue weighted by Gasteiger charge is -2.17. The molecule has 1 aromatic carbocycles. The largest absolute Gasteiger partial charge is 0.393 e. The van der Waals surface area contributed by atoms with E-state index in [1.54, 1.807) is 6.92 Å². The minimum Gasteiger partial charge on any atom is -0.393 e. The molecule has 0 saturated heterocycles. The first-order chi connectivity index (χ1) is 9.04. The molecule has 0 heterocycles. The molecule has 0 aliphatic rings. The highest BCUT2D eigenvalue weighted by Crippen LogP contribution is 2.10. The SMILES string of the molecule is CNCCc1ccccc1C(=O)NC(C)CC(C)O. The van der Waals surface area contributed by atoms with Gasteiger partial charge < -0.3 is 15.7 Å². The van der Waals surface area contributed by atoms with Gasteiger partial charge >= 0.3 is 0 Å². The van der Waals surface area contributed by atoms with Gasteiger partial charge in [0.05, 0.1) is 6.10 Å². The Morgan fingerprint density at radius 1 is 1.32 bits per heavy atom. The van der Waals surface area contributed by atoms with Crippen LogP contribution in [-0.4, -0.2) is 36.8 Å². The molecule has 0 aliphatic heterocycles. The third kappa shape index (κ3) is 5.41. The molecular formula is C15H24N2O2. The van der Waals surface area contributed by atoms with Crippen LogP contribution in [0, 0.1) is 0 Å². The van der Waals surface area contributed by atoms with E-state index in [-0.39, 0.29) is 11.9 Å². The van der Waals surface area contributed by atoms with Gasteiger partial charge in [0.15, 0.2) is 0 Å². The number of aliphatic hydroxyl groups excluding tert-OH is 1. The van der Waals surface area contributed by atoms with Crippen molar-refractivity contribution in [3.8, 4) is 0 Å². The maximum Gasteiger partial charge on any atom is 0.251 e. The van der Waals surface area contributed by atoms with Crippen molar-refractivity contribution < 1.29 is 9.90 Å². The molecule has 0 aromatic heterocycles. The number of aliphatic hydroxyl groups is 1. The molecule has 106 valence electrons. The van der Waals surface area contributed by atoms with Crippen LogP contribution in [-0.2, 0) is 6.42 Å². The molecule has 0 spiro atoms. The van der Waals surface area contributed by atoms with Crippen molar-refractivity contribution in [2.45, 2.75) is 38.8 Å². The molecular weight excluding hydrogens is 240 g/mol. The second kappa shape index (κ2) is 7.92. The Morgan fingerprint density at radius 3 is 2.63 bits per heavy atom. The highest BCUT2D eigenvalue weighted by Gasteiger charge is 2.14. The van der Waals surface area contributed by atoms with Crippen molar-refractivity contribution in [3.05, 3.63) is 35.4 Å². The summed E-state index contributed by atoms with van der Waals surface area (Å²) in [6, 6.07) is 7.60. The molecule has 2 unspecified atom stereocenters. The summed E-state index contributed by atoms with van der Waals surface area (Å²) in [4.78, 5) is 12.2. The summed E-state index contributed by atoms with van der Waals surface area (Å²) in [5.41, 5.74) is 1.76. The Balaban J connectivity index is 2.70. The number of amides is 1. The Hall–Kier alpha value is -1.39. The second-order valence-electron chi connectivity index (χ2n) is 4.97. The molecule has 0 saturated carbocycles. The van der Waals surface area contributed by atoms with E-state index < -0.39 is 6.10 Å². The summed E-state index contributed by atoms with van der Waals surface area (Å²) in [7, 11) is 1.90. The minimum atomic E-state index is -0.408. The normalized spacial score (nSPS) is 13.9. The van der Waals surface area contributed by atoms with Crippen LogP contribution < -0.4 is 10.6 Å². The lowest BCUT2D eigenvalue weighted by Crippen LogP contribution is -2.35. The van der Waals surface area contributed by atoms with Gasteiger partial charge in [0.25, 0.3) is 5.91 Å². The molecule has 0 aliphatic carbocycles. The molecule has 0 radical (unpaired) electrons. The summed E-state index contributed by atoms with van der Waals surface area (Å²) >= 11 is 0. The highest BCUT2D eigenvalue weighted by atomic mass is 16.3. The zero-order chi connectivity index (χ0) is 14.3. The average Bonchev–Trinajstić information content (AvgIpc) is 2.35. The van der Waals surface area contributed by atoms with Crippen molar-refractivity contribution in [1.82, 2.24) is 10.6 Å². The molecule has 2 atom stereocenters. The van der Waals surface area contributed by atoms with Gasteiger partial charge in [0, 0.05) is 11.6 Å². The second-order valence-corrected chi connectivity index (χ2v) is 4.97. The summed E-state index contributed by atoms with van der Waals surface area (Å²) < 4.78 is 0. The Labute approximate surface area is 115 Å². The van der Waals surface area contributed by atoms with E-state index in [0.29, 0.717) is 6.42 Å². The molecule has 1 aromatic rings. The van der Waals surface area contributed by atoms with Crippen LogP contribution in [0.2, 0.25) is 0 Å². The first kappa shape index (κ1) is 15.7. The van der Waals surface area contributed by atoms with Crippen LogP contribution in [0.1, 0.15) is 36.2 Å². The standard InChI is InChI=1S/C15H24N2O2/c1-11(10-12(2)18)17-15(19)14-7-5-4-6-13(14)8-9-16-3/h4-7,11-12,16,18H,8-10H2,1-3H3,(H,17,19). The van der Waals surface area contributed by atoms with Crippen LogP contribution in [0.5, 0.6) is 0 Å². The Bertz CT molecular complexity index is 405. The van der Waals surface area contributed by atoms with Gasteiger partial charge in [-0.3, -0.25) is 4.79 Å². The number of likely N-dealkylation sites (N-methyl/N-ethyl adjacent to an activating group) is 1. The smallest absolute Gasteiger partial charge is 0.251 e. The molecule has 1 amide bonds. The van der Waals surface area contributed by atoms with E-state index >= 15 is 0 Å². The third-order valence-corrected chi connectivity index (χ3v) is 2.98. The summed E-state index contributed by atoms with van der Waals surface area (Å²) in [6.07, 6.45) is 0.977. The molecule has 3 N–H and O–H groups in total. The van der Waals surface area contributed by atoms with E-state index in [2.05, 4.69) is 10.6 Å². The number of hydrogen-bond donors (Lipinski definition) is 3. The molecule has 0 bridgehead atoms. The van der Waals surface area contributed by atoms with E-state index in [1.807, 2.05) is 38.2 Å². The van der Waals surface area contributed by atoms with Gasteiger partial charge in [-0.25, -0.2) is 0 Å². The van der Waals surface area contributed by atoms with Crippen molar-refractivity contribution in [3.63, 3.8) is 0 Å². The number of benzene rings is 1. The van der Waals surface area contributed by atoms with E-state index in [9.17, 15) is 9.90 Å². The Kier molecular flexibility index (Phi) is 6.53. The molecule has 4 heteroatoms. The van der Waals surface area contributed by atoms with Crippen LogP contribution in [0.15, 0.2) is 24.3 Å². The molecule has 0 fully saturated rings. The van der Waals surface area contributed by atoms with Gasteiger partial charge in [-0.2, -0.15) is 0 Å². The average molecular weight is 264 g/mol. The number of hydrogen-bond acceptors (Lipinski definition) is 3. The first-order valence-corrected chi connectivity index (χ1v) is 6.76. The van der Waals surface area contributed by atoms with Crippen LogP contribution >= 0.6 is 0 Å². The quantitative estimate of drug-likeness (QED) is 0.696. The monoisotopic (exact) mass is 264 g/mol. The first-order valence-electron chi connectivity index (χ1n) is 6.76.